The number of hydrogen-bond acceptors (Lipinski definition) is 3. The molecule has 0 fully saturated rings. The van der Waals surface area contributed by atoms with E-state index < -0.39 is 0 Å². The van der Waals surface area contributed by atoms with Crippen molar-refractivity contribution in [1.29, 1.82) is 0 Å². The number of rotatable bonds is 6. The van der Waals surface area contributed by atoms with Gasteiger partial charge < -0.3 is 10.2 Å². The summed E-state index contributed by atoms with van der Waals surface area (Å²) in [5.74, 6) is -0.219. The molecule has 1 heterocycles. The van der Waals surface area contributed by atoms with Crippen molar-refractivity contribution in [3.8, 4) is 0 Å². The van der Waals surface area contributed by atoms with Gasteiger partial charge in [0.15, 0.2) is 0 Å². The smallest absolute Gasteiger partial charge is 0.223 e. The molecule has 1 aromatic heterocycles. The zero-order valence-electron chi connectivity index (χ0n) is 12.8. The van der Waals surface area contributed by atoms with Crippen molar-refractivity contribution in [3.63, 3.8) is 0 Å². The first-order valence-corrected chi connectivity index (χ1v) is 8.06. The number of carbonyl (C=O) groups excluding carboxylic acids is 2. The Morgan fingerprint density at radius 1 is 1.17 bits per heavy atom. The van der Waals surface area contributed by atoms with E-state index in [0.29, 0.717) is 13.1 Å². The summed E-state index contributed by atoms with van der Waals surface area (Å²) in [5.41, 5.74) is 1.56. The van der Waals surface area contributed by atoms with E-state index in [4.69, 9.17) is 0 Å². The second kappa shape index (κ2) is 8.43. The van der Waals surface area contributed by atoms with E-state index in [2.05, 4.69) is 26.2 Å². The fourth-order valence-corrected chi connectivity index (χ4v) is 2.61. The van der Waals surface area contributed by atoms with Crippen LogP contribution in [-0.2, 0) is 16.1 Å². The summed E-state index contributed by atoms with van der Waals surface area (Å²) in [4.78, 5) is 29.6. The van der Waals surface area contributed by atoms with Crippen LogP contribution in [0.15, 0.2) is 53.1 Å². The number of carbonyl (C=O) groups is 2. The lowest BCUT2D eigenvalue weighted by Crippen LogP contribution is -2.34. The van der Waals surface area contributed by atoms with E-state index in [1.807, 2.05) is 42.5 Å². The van der Waals surface area contributed by atoms with Crippen LogP contribution >= 0.6 is 15.9 Å². The van der Waals surface area contributed by atoms with Crippen molar-refractivity contribution >= 4 is 33.4 Å². The van der Waals surface area contributed by atoms with Crippen LogP contribution in [0.3, 0.4) is 0 Å². The Balaban J connectivity index is 1.90. The number of anilines is 1. The lowest BCUT2D eigenvalue weighted by molar-refractivity contribution is -0.121. The molecule has 0 aliphatic rings. The fraction of sp³-hybridized carbons (Fsp3) is 0.235. The predicted molar refractivity (Wildman–Crippen MR) is 92.9 cm³/mol. The Hall–Kier alpha value is -2.21. The van der Waals surface area contributed by atoms with Crippen LogP contribution in [0.4, 0.5) is 5.69 Å². The molecular weight excluding hydrogens is 358 g/mol. The molecule has 1 N–H and O–H groups in total. The molecule has 23 heavy (non-hydrogen) atoms. The lowest BCUT2D eigenvalue weighted by Gasteiger charge is -2.22. The third-order valence-electron chi connectivity index (χ3n) is 3.28. The van der Waals surface area contributed by atoms with Crippen molar-refractivity contribution in [2.45, 2.75) is 19.9 Å². The molecule has 2 rings (SSSR count). The quantitative estimate of drug-likeness (QED) is 0.843. The minimum Gasteiger partial charge on any atom is -0.350 e. The number of aromatic nitrogens is 1. The van der Waals surface area contributed by atoms with Gasteiger partial charge in [-0.1, -0.05) is 18.2 Å². The molecule has 0 aliphatic heterocycles. The molecule has 2 amide bonds. The molecule has 0 saturated heterocycles. The summed E-state index contributed by atoms with van der Waals surface area (Å²) >= 11 is 3.43. The van der Waals surface area contributed by atoms with Crippen LogP contribution < -0.4 is 10.2 Å². The normalized spacial score (nSPS) is 10.2. The SMILES string of the molecule is CC(=O)N(CCC(=O)NCc1ccccn1)c1ccccc1Br. The number of nitrogens with zero attached hydrogens (tertiary/aromatic N) is 2. The minimum absolute atomic E-state index is 0.102. The molecule has 2 aromatic rings. The van der Waals surface area contributed by atoms with E-state index >= 15 is 0 Å². The van der Waals surface area contributed by atoms with Gasteiger partial charge in [-0.3, -0.25) is 14.6 Å². The predicted octanol–water partition coefficient (Wildman–Crippen LogP) is 2.90. The highest BCUT2D eigenvalue weighted by Gasteiger charge is 2.15. The van der Waals surface area contributed by atoms with Crippen LogP contribution in [0.25, 0.3) is 0 Å². The van der Waals surface area contributed by atoms with Gasteiger partial charge in [0.2, 0.25) is 11.8 Å². The number of benzene rings is 1. The van der Waals surface area contributed by atoms with Crippen LogP contribution in [0, 0.1) is 0 Å². The largest absolute Gasteiger partial charge is 0.350 e. The Labute approximate surface area is 143 Å². The molecule has 1 aromatic carbocycles. The molecule has 0 bridgehead atoms. The first kappa shape index (κ1) is 17.1. The summed E-state index contributed by atoms with van der Waals surface area (Å²) in [6.45, 7) is 2.20. The Kier molecular flexibility index (Phi) is 6.29. The van der Waals surface area contributed by atoms with E-state index in [-0.39, 0.29) is 18.2 Å². The second-order valence-electron chi connectivity index (χ2n) is 4.97. The highest BCUT2D eigenvalue weighted by molar-refractivity contribution is 9.10. The van der Waals surface area contributed by atoms with Crippen molar-refractivity contribution in [3.05, 3.63) is 58.8 Å². The number of hydrogen-bond donors (Lipinski definition) is 1. The maximum absolute atomic E-state index is 12.0. The monoisotopic (exact) mass is 375 g/mol. The van der Waals surface area contributed by atoms with Crippen LogP contribution in [0.2, 0.25) is 0 Å². The molecule has 0 atom stereocenters. The van der Waals surface area contributed by atoms with Gasteiger partial charge >= 0.3 is 0 Å². The summed E-state index contributed by atoms with van der Waals surface area (Å²) in [6.07, 6.45) is 1.92. The number of halogens is 1. The molecule has 0 aliphatic carbocycles. The van der Waals surface area contributed by atoms with Gasteiger partial charge in [0.05, 0.1) is 17.9 Å². The van der Waals surface area contributed by atoms with Gasteiger partial charge in [0.1, 0.15) is 0 Å². The Morgan fingerprint density at radius 3 is 2.57 bits per heavy atom. The Bertz CT molecular complexity index is 677. The van der Waals surface area contributed by atoms with E-state index in [9.17, 15) is 9.59 Å². The van der Waals surface area contributed by atoms with Crippen molar-refractivity contribution in [2.75, 3.05) is 11.4 Å². The average molecular weight is 376 g/mol. The third-order valence-corrected chi connectivity index (χ3v) is 3.95. The highest BCUT2D eigenvalue weighted by atomic mass is 79.9. The van der Waals surface area contributed by atoms with Crippen LogP contribution in [-0.4, -0.2) is 23.3 Å². The van der Waals surface area contributed by atoms with Gasteiger partial charge in [-0.2, -0.15) is 0 Å². The van der Waals surface area contributed by atoms with Gasteiger partial charge in [-0.15, -0.1) is 0 Å². The average Bonchev–Trinajstić information content (AvgIpc) is 2.55. The van der Waals surface area contributed by atoms with E-state index in [0.717, 1.165) is 15.9 Å². The topological polar surface area (TPSA) is 62.3 Å². The minimum atomic E-state index is -0.117. The first-order chi connectivity index (χ1) is 11.1. The van der Waals surface area contributed by atoms with E-state index in [1.54, 1.807) is 11.1 Å². The lowest BCUT2D eigenvalue weighted by atomic mass is 10.2. The molecule has 6 heteroatoms. The highest BCUT2D eigenvalue weighted by Crippen LogP contribution is 2.25. The first-order valence-electron chi connectivity index (χ1n) is 7.27. The van der Waals surface area contributed by atoms with Crippen molar-refractivity contribution in [2.24, 2.45) is 0 Å². The van der Waals surface area contributed by atoms with Crippen molar-refractivity contribution < 1.29 is 9.59 Å². The van der Waals surface area contributed by atoms with Crippen LogP contribution in [0.1, 0.15) is 19.0 Å². The molecular formula is C17H18BrN3O2. The number of amides is 2. The number of nitrogens with one attached hydrogen (secondary N) is 1. The molecule has 0 saturated carbocycles. The maximum Gasteiger partial charge on any atom is 0.223 e. The standard InChI is InChI=1S/C17H18BrN3O2/c1-13(22)21(16-8-3-2-7-15(16)18)11-9-17(23)20-12-14-6-4-5-10-19-14/h2-8,10H,9,11-12H2,1H3,(H,20,23). The van der Waals surface area contributed by atoms with Crippen LogP contribution in [0.5, 0.6) is 0 Å². The van der Waals surface area contributed by atoms with Gasteiger partial charge in [-0.25, -0.2) is 0 Å². The molecule has 0 unspecified atom stereocenters. The zero-order chi connectivity index (χ0) is 16.7. The zero-order valence-corrected chi connectivity index (χ0v) is 14.4. The van der Waals surface area contributed by atoms with Crippen molar-refractivity contribution in [1.82, 2.24) is 10.3 Å². The summed E-state index contributed by atoms with van der Waals surface area (Å²) in [7, 11) is 0. The van der Waals surface area contributed by atoms with Gasteiger partial charge in [-0.05, 0) is 40.2 Å². The van der Waals surface area contributed by atoms with Gasteiger partial charge in [0, 0.05) is 30.6 Å². The molecule has 0 radical (unpaired) electrons. The molecule has 120 valence electrons. The third kappa shape index (κ3) is 5.17. The van der Waals surface area contributed by atoms with E-state index in [1.165, 1.54) is 6.92 Å². The summed E-state index contributed by atoms with van der Waals surface area (Å²) in [6, 6.07) is 13.0. The second-order valence-corrected chi connectivity index (χ2v) is 5.82. The van der Waals surface area contributed by atoms with Gasteiger partial charge in [0.25, 0.3) is 0 Å². The number of para-hydroxylation sites is 1. The number of pyridine rings is 1. The summed E-state index contributed by atoms with van der Waals surface area (Å²) < 4.78 is 0.823. The maximum atomic E-state index is 12.0. The Morgan fingerprint density at radius 2 is 1.91 bits per heavy atom. The molecule has 0 spiro atoms. The summed E-state index contributed by atoms with van der Waals surface area (Å²) in [5, 5.41) is 2.81. The fourth-order valence-electron chi connectivity index (χ4n) is 2.11. The molecule has 5 nitrogen and oxygen atoms in total.